The minimum absolute atomic E-state index is 0.382. The molecule has 1 rings (SSSR count). The van der Waals surface area contributed by atoms with Crippen LogP contribution in [0.15, 0.2) is 24.3 Å². The number of nitrogens with one attached hydrogen (secondary N) is 1. The van der Waals surface area contributed by atoms with E-state index in [-0.39, 0.29) is 0 Å². The third kappa shape index (κ3) is 3.20. The van der Waals surface area contributed by atoms with Crippen LogP contribution in [0.2, 0.25) is 0 Å². The minimum Gasteiger partial charge on any atom is -0.377 e. The summed E-state index contributed by atoms with van der Waals surface area (Å²) in [6, 6.07) is 0.382. The van der Waals surface area contributed by atoms with Crippen LogP contribution in [0.3, 0.4) is 0 Å². The molecule has 0 saturated heterocycles. The summed E-state index contributed by atoms with van der Waals surface area (Å²) in [5.41, 5.74) is 1.36. The minimum atomic E-state index is 0.382. The highest BCUT2D eigenvalue weighted by Crippen LogP contribution is 2.04. The Balaban J connectivity index is 2.21. The predicted molar refractivity (Wildman–Crippen MR) is 51.2 cm³/mol. The predicted octanol–water partition coefficient (Wildman–Crippen LogP) is 1.50. The molecule has 0 aromatic rings. The van der Waals surface area contributed by atoms with E-state index in [1.807, 2.05) is 6.08 Å². The van der Waals surface area contributed by atoms with Gasteiger partial charge in [0.2, 0.25) is 0 Å². The number of hydrogen-bond donors (Lipinski definition) is 1. The van der Waals surface area contributed by atoms with Crippen molar-refractivity contribution in [2.24, 2.45) is 0 Å². The molecule has 0 radical (unpaired) electrons. The quantitative estimate of drug-likeness (QED) is 0.641. The van der Waals surface area contributed by atoms with Gasteiger partial charge in [-0.3, -0.25) is 0 Å². The van der Waals surface area contributed by atoms with Crippen molar-refractivity contribution in [2.45, 2.75) is 19.4 Å². The molecule has 1 N–H and O–H groups in total. The van der Waals surface area contributed by atoms with Gasteiger partial charge in [0.25, 0.3) is 0 Å². The molecule has 2 nitrogen and oxygen atoms in total. The maximum absolute atomic E-state index is 5.31. The molecular formula is C10H17NO. The van der Waals surface area contributed by atoms with E-state index in [1.54, 1.807) is 0 Å². The Hall–Kier alpha value is -0.600. The van der Waals surface area contributed by atoms with E-state index in [4.69, 9.17) is 4.74 Å². The van der Waals surface area contributed by atoms with E-state index < -0.39 is 0 Å². The molecule has 68 valence electrons. The Morgan fingerprint density at radius 1 is 1.83 bits per heavy atom. The van der Waals surface area contributed by atoms with Crippen LogP contribution in [0, 0.1) is 0 Å². The van der Waals surface area contributed by atoms with E-state index >= 15 is 0 Å². The Kier molecular flexibility index (Phi) is 4.05. The van der Waals surface area contributed by atoms with Gasteiger partial charge in [0, 0.05) is 12.6 Å². The normalized spacial score (nSPS) is 19.9. The first kappa shape index (κ1) is 9.49. The van der Waals surface area contributed by atoms with Crippen LogP contribution in [0.5, 0.6) is 0 Å². The molecule has 1 aliphatic rings. The highest BCUT2D eigenvalue weighted by molar-refractivity contribution is 5.07. The van der Waals surface area contributed by atoms with E-state index in [1.165, 1.54) is 5.57 Å². The summed E-state index contributed by atoms with van der Waals surface area (Å²) >= 11 is 0. The maximum Gasteiger partial charge on any atom is 0.0689 e. The Bertz CT molecular complexity index is 175. The van der Waals surface area contributed by atoms with E-state index in [0.717, 1.165) is 26.2 Å². The van der Waals surface area contributed by atoms with E-state index in [0.29, 0.717) is 6.04 Å². The molecule has 0 aromatic heterocycles. The summed E-state index contributed by atoms with van der Waals surface area (Å²) in [6.45, 7) is 8.39. The largest absolute Gasteiger partial charge is 0.377 e. The molecule has 12 heavy (non-hydrogen) atoms. The first-order valence-electron chi connectivity index (χ1n) is 4.44. The molecule has 1 aliphatic heterocycles. The van der Waals surface area contributed by atoms with Crippen molar-refractivity contribution < 1.29 is 4.74 Å². The van der Waals surface area contributed by atoms with Crippen LogP contribution >= 0.6 is 0 Å². The topological polar surface area (TPSA) is 21.3 Å². The molecule has 1 heterocycles. The highest BCUT2D eigenvalue weighted by atomic mass is 16.5. The van der Waals surface area contributed by atoms with Gasteiger partial charge in [0.15, 0.2) is 0 Å². The molecule has 1 atom stereocenters. The summed E-state index contributed by atoms with van der Waals surface area (Å²) in [5, 5.41) is 3.34. The number of ether oxygens (including phenoxy) is 1. The second-order valence-corrected chi connectivity index (χ2v) is 3.11. The van der Waals surface area contributed by atoms with Crippen LogP contribution in [0.1, 0.15) is 13.3 Å². The molecule has 0 bridgehead atoms. The number of rotatable bonds is 4. The summed E-state index contributed by atoms with van der Waals surface area (Å²) in [5.74, 6) is 0. The standard InChI is InChI=1S/C10H17NO/c1-3-9(2)11-7-10-5-4-6-12-8-10/h3,5,9,11H,1,4,6-8H2,2H3. The first-order chi connectivity index (χ1) is 5.83. The van der Waals surface area contributed by atoms with Gasteiger partial charge < -0.3 is 10.1 Å². The third-order valence-electron chi connectivity index (χ3n) is 1.99. The van der Waals surface area contributed by atoms with Crippen LogP contribution in [0.4, 0.5) is 0 Å². The third-order valence-corrected chi connectivity index (χ3v) is 1.99. The van der Waals surface area contributed by atoms with Gasteiger partial charge in [-0.15, -0.1) is 6.58 Å². The van der Waals surface area contributed by atoms with Gasteiger partial charge in [-0.05, 0) is 18.9 Å². The summed E-state index contributed by atoms with van der Waals surface area (Å²) in [6.07, 6.45) is 5.22. The van der Waals surface area contributed by atoms with Crippen molar-refractivity contribution in [1.82, 2.24) is 5.32 Å². The average molecular weight is 167 g/mol. The average Bonchev–Trinajstić information content (AvgIpc) is 2.16. The second kappa shape index (κ2) is 5.12. The SMILES string of the molecule is C=CC(C)NCC1=CCCOC1. The molecule has 0 spiro atoms. The Morgan fingerprint density at radius 2 is 2.67 bits per heavy atom. The zero-order valence-corrected chi connectivity index (χ0v) is 7.68. The summed E-state index contributed by atoms with van der Waals surface area (Å²) in [4.78, 5) is 0. The van der Waals surface area contributed by atoms with Crippen molar-refractivity contribution in [3.05, 3.63) is 24.3 Å². The van der Waals surface area contributed by atoms with Crippen LogP contribution in [-0.4, -0.2) is 25.8 Å². The second-order valence-electron chi connectivity index (χ2n) is 3.11. The van der Waals surface area contributed by atoms with Crippen molar-refractivity contribution in [1.29, 1.82) is 0 Å². The fraction of sp³-hybridized carbons (Fsp3) is 0.600. The first-order valence-corrected chi connectivity index (χ1v) is 4.44. The van der Waals surface area contributed by atoms with Crippen LogP contribution in [-0.2, 0) is 4.74 Å². The number of hydrogen-bond acceptors (Lipinski definition) is 2. The van der Waals surface area contributed by atoms with Crippen molar-refractivity contribution >= 4 is 0 Å². The molecule has 0 aliphatic carbocycles. The lowest BCUT2D eigenvalue weighted by Crippen LogP contribution is -2.28. The van der Waals surface area contributed by atoms with Gasteiger partial charge in [0.05, 0.1) is 13.2 Å². The van der Waals surface area contributed by atoms with Crippen molar-refractivity contribution in [3.8, 4) is 0 Å². The molecule has 0 aromatic carbocycles. The maximum atomic E-state index is 5.31. The van der Waals surface area contributed by atoms with Gasteiger partial charge in [0.1, 0.15) is 0 Å². The molecule has 1 unspecified atom stereocenters. The Labute approximate surface area is 74.3 Å². The molecule has 2 heteroatoms. The summed E-state index contributed by atoms with van der Waals surface area (Å²) in [7, 11) is 0. The van der Waals surface area contributed by atoms with Crippen LogP contribution in [0.25, 0.3) is 0 Å². The fourth-order valence-electron chi connectivity index (χ4n) is 1.11. The lowest BCUT2D eigenvalue weighted by Gasteiger charge is -2.15. The molecule has 0 fully saturated rings. The lowest BCUT2D eigenvalue weighted by atomic mass is 10.2. The molecule has 0 saturated carbocycles. The van der Waals surface area contributed by atoms with Gasteiger partial charge in [-0.1, -0.05) is 12.2 Å². The van der Waals surface area contributed by atoms with Crippen molar-refractivity contribution in [3.63, 3.8) is 0 Å². The molecular weight excluding hydrogens is 150 g/mol. The highest BCUT2D eigenvalue weighted by Gasteiger charge is 2.03. The lowest BCUT2D eigenvalue weighted by molar-refractivity contribution is 0.148. The Morgan fingerprint density at radius 3 is 3.25 bits per heavy atom. The van der Waals surface area contributed by atoms with E-state index in [9.17, 15) is 0 Å². The molecule has 0 amide bonds. The van der Waals surface area contributed by atoms with Crippen LogP contribution < -0.4 is 5.32 Å². The van der Waals surface area contributed by atoms with Gasteiger partial charge in [-0.2, -0.15) is 0 Å². The van der Waals surface area contributed by atoms with Gasteiger partial charge in [-0.25, -0.2) is 0 Å². The zero-order chi connectivity index (χ0) is 8.81. The monoisotopic (exact) mass is 167 g/mol. The zero-order valence-electron chi connectivity index (χ0n) is 7.68. The van der Waals surface area contributed by atoms with E-state index in [2.05, 4.69) is 24.9 Å². The summed E-state index contributed by atoms with van der Waals surface area (Å²) < 4.78 is 5.31. The van der Waals surface area contributed by atoms with Gasteiger partial charge >= 0.3 is 0 Å². The fourth-order valence-corrected chi connectivity index (χ4v) is 1.11. The smallest absolute Gasteiger partial charge is 0.0689 e. The van der Waals surface area contributed by atoms with Crippen molar-refractivity contribution in [2.75, 3.05) is 19.8 Å².